The third-order valence-corrected chi connectivity index (χ3v) is 1.95. The van der Waals surface area contributed by atoms with Crippen LogP contribution in [0.2, 0.25) is 0 Å². The second-order valence-corrected chi connectivity index (χ2v) is 3.91. The van der Waals surface area contributed by atoms with Crippen molar-refractivity contribution in [2.75, 3.05) is 0 Å². The Morgan fingerprint density at radius 2 is 1.67 bits per heavy atom. The molecule has 0 aliphatic heterocycles. The molecule has 1 rings (SSSR count). The van der Waals surface area contributed by atoms with E-state index < -0.39 is 10.0 Å². The average Bonchev–Trinajstić information content (AvgIpc) is 1.85. The summed E-state index contributed by atoms with van der Waals surface area (Å²) in [6.07, 6.45) is 0. The summed E-state index contributed by atoms with van der Waals surface area (Å²) in [5.41, 5.74) is 0.718. The minimum Gasteiger partial charge on any atom is -0.228 e. The predicted octanol–water partition coefficient (Wildman–Crippen LogP) is -2.52. The summed E-state index contributed by atoms with van der Waals surface area (Å²) in [6, 6.07) is 8.84. The molecule has 0 bridgehead atoms. The predicted molar refractivity (Wildman–Crippen MR) is 43.3 cm³/mol. The normalized spacial score (nSPS) is 10.4. The summed E-state index contributed by atoms with van der Waals surface area (Å²) >= 11 is 0. The van der Waals surface area contributed by atoms with Crippen LogP contribution in [0.4, 0.5) is 0 Å². The van der Waals surface area contributed by atoms with E-state index in [0.717, 1.165) is 5.56 Å². The molecule has 0 saturated heterocycles. The molecule has 0 atom stereocenters. The van der Waals surface area contributed by atoms with E-state index in [0.29, 0.717) is 0 Å². The second kappa shape index (κ2) is 5.49. The molecule has 0 aliphatic rings. The molecule has 0 spiro atoms. The van der Waals surface area contributed by atoms with Crippen molar-refractivity contribution >= 4 is 10.0 Å². The maximum absolute atomic E-state index is 10.6. The van der Waals surface area contributed by atoms with E-state index in [4.69, 9.17) is 5.14 Å². The molecular formula is C7H9KNO2S+. The first-order valence-electron chi connectivity index (χ1n) is 3.12. The van der Waals surface area contributed by atoms with Gasteiger partial charge in [0.25, 0.3) is 0 Å². The summed E-state index contributed by atoms with van der Waals surface area (Å²) in [4.78, 5) is 0. The number of hydrogen-bond donors (Lipinski definition) is 1. The molecule has 0 fully saturated rings. The first-order valence-corrected chi connectivity index (χ1v) is 4.84. The van der Waals surface area contributed by atoms with Crippen LogP contribution >= 0.6 is 0 Å². The molecule has 3 nitrogen and oxygen atoms in total. The van der Waals surface area contributed by atoms with Gasteiger partial charge in [-0.15, -0.1) is 0 Å². The van der Waals surface area contributed by atoms with Gasteiger partial charge in [0.1, 0.15) is 0 Å². The summed E-state index contributed by atoms with van der Waals surface area (Å²) in [7, 11) is -3.38. The molecule has 2 N–H and O–H groups in total. The van der Waals surface area contributed by atoms with E-state index in [1.807, 2.05) is 6.07 Å². The van der Waals surface area contributed by atoms with Crippen molar-refractivity contribution in [1.29, 1.82) is 0 Å². The number of benzene rings is 1. The molecule has 0 aliphatic carbocycles. The minimum absolute atomic E-state index is 0. The van der Waals surface area contributed by atoms with Crippen LogP contribution in [0.5, 0.6) is 0 Å². The molecule has 1 aromatic carbocycles. The zero-order valence-electron chi connectivity index (χ0n) is 6.90. The van der Waals surface area contributed by atoms with Crippen molar-refractivity contribution in [3.05, 3.63) is 35.9 Å². The molecule has 5 heteroatoms. The van der Waals surface area contributed by atoms with E-state index in [2.05, 4.69) is 0 Å². The Hall–Kier alpha value is 0.766. The Kier molecular flexibility index (Phi) is 5.84. The molecule has 0 amide bonds. The van der Waals surface area contributed by atoms with Gasteiger partial charge in [0.05, 0.1) is 5.75 Å². The first kappa shape index (κ1) is 12.8. The topological polar surface area (TPSA) is 60.2 Å². The van der Waals surface area contributed by atoms with Crippen LogP contribution in [0, 0.1) is 0 Å². The molecule has 0 saturated carbocycles. The Labute approximate surface area is 115 Å². The molecule has 0 unspecified atom stereocenters. The van der Waals surface area contributed by atoms with Crippen LogP contribution < -0.4 is 56.5 Å². The van der Waals surface area contributed by atoms with E-state index in [-0.39, 0.29) is 57.1 Å². The van der Waals surface area contributed by atoms with Gasteiger partial charge >= 0.3 is 51.4 Å². The molecule has 0 aromatic heterocycles. The quantitative estimate of drug-likeness (QED) is 0.548. The van der Waals surface area contributed by atoms with Crippen molar-refractivity contribution in [1.82, 2.24) is 0 Å². The Bertz CT molecular complexity index is 323. The number of nitrogens with two attached hydrogens (primary N) is 1. The van der Waals surface area contributed by atoms with E-state index in [1.54, 1.807) is 24.3 Å². The fourth-order valence-electron chi connectivity index (χ4n) is 0.807. The zero-order valence-corrected chi connectivity index (χ0v) is 10.8. The largest absolute Gasteiger partial charge is 1.00 e. The summed E-state index contributed by atoms with van der Waals surface area (Å²) in [5.74, 6) is -0.0894. The fourth-order valence-corrected chi connectivity index (χ4v) is 1.46. The van der Waals surface area contributed by atoms with E-state index in [1.165, 1.54) is 0 Å². The second-order valence-electron chi connectivity index (χ2n) is 2.29. The Balaban J connectivity index is 0.00000121. The zero-order chi connectivity index (χ0) is 8.32. The fraction of sp³-hybridized carbons (Fsp3) is 0.143. The smallest absolute Gasteiger partial charge is 0.228 e. The van der Waals surface area contributed by atoms with Crippen molar-refractivity contribution in [3.63, 3.8) is 0 Å². The molecule has 12 heavy (non-hydrogen) atoms. The molecule has 0 heterocycles. The third kappa shape index (κ3) is 5.42. The summed E-state index contributed by atoms with van der Waals surface area (Å²) < 4.78 is 21.2. The van der Waals surface area contributed by atoms with Gasteiger partial charge in [-0.05, 0) is 5.56 Å². The van der Waals surface area contributed by atoms with Crippen molar-refractivity contribution in [3.8, 4) is 0 Å². The van der Waals surface area contributed by atoms with E-state index >= 15 is 0 Å². The van der Waals surface area contributed by atoms with E-state index in [9.17, 15) is 8.42 Å². The van der Waals surface area contributed by atoms with Gasteiger partial charge in [0.15, 0.2) is 0 Å². The van der Waals surface area contributed by atoms with Gasteiger partial charge in [-0.3, -0.25) is 0 Å². The van der Waals surface area contributed by atoms with Gasteiger partial charge in [0.2, 0.25) is 10.0 Å². The maximum Gasteiger partial charge on any atom is 1.00 e. The average molecular weight is 210 g/mol. The van der Waals surface area contributed by atoms with Crippen LogP contribution in [0.15, 0.2) is 30.3 Å². The molecular weight excluding hydrogens is 201 g/mol. The molecule has 0 radical (unpaired) electrons. The van der Waals surface area contributed by atoms with Crippen molar-refractivity contribution < 1.29 is 59.8 Å². The minimum atomic E-state index is -3.38. The van der Waals surface area contributed by atoms with Gasteiger partial charge in [-0.1, -0.05) is 30.3 Å². The number of primary sulfonamides is 1. The van der Waals surface area contributed by atoms with Crippen LogP contribution in [-0.4, -0.2) is 8.42 Å². The molecule has 60 valence electrons. The van der Waals surface area contributed by atoms with Crippen LogP contribution in [0.3, 0.4) is 0 Å². The van der Waals surface area contributed by atoms with Gasteiger partial charge in [0, 0.05) is 0 Å². The molecule has 1 aromatic rings. The summed E-state index contributed by atoms with van der Waals surface area (Å²) in [5, 5.41) is 4.84. The van der Waals surface area contributed by atoms with Gasteiger partial charge in [-0.2, -0.15) is 0 Å². The van der Waals surface area contributed by atoms with Gasteiger partial charge in [-0.25, -0.2) is 13.6 Å². The third-order valence-electron chi connectivity index (χ3n) is 1.21. The van der Waals surface area contributed by atoms with Crippen LogP contribution in [0.1, 0.15) is 5.56 Å². The Morgan fingerprint density at radius 3 is 2.08 bits per heavy atom. The van der Waals surface area contributed by atoms with Crippen LogP contribution in [0.25, 0.3) is 0 Å². The number of sulfonamides is 1. The van der Waals surface area contributed by atoms with Gasteiger partial charge < -0.3 is 0 Å². The standard InChI is InChI=1S/C7H9NO2S.K/c8-11(9,10)6-7-4-2-1-3-5-7;/h1-5H,6H2,(H2,8,9,10);/q;+1. The summed E-state index contributed by atoms with van der Waals surface area (Å²) in [6.45, 7) is 0. The maximum atomic E-state index is 10.6. The first-order chi connectivity index (χ1) is 5.08. The SMILES string of the molecule is NS(=O)(=O)Cc1ccccc1.[K+]. The van der Waals surface area contributed by atoms with Crippen molar-refractivity contribution in [2.24, 2.45) is 5.14 Å². The van der Waals surface area contributed by atoms with Crippen molar-refractivity contribution in [2.45, 2.75) is 5.75 Å². The number of rotatable bonds is 2. The monoisotopic (exact) mass is 210 g/mol. The van der Waals surface area contributed by atoms with Crippen LogP contribution in [-0.2, 0) is 15.8 Å². The number of hydrogen-bond acceptors (Lipinski definition) is 2. The Morgan fingerprint density at radius 1 is 1.17 bits per heavy atom.